The lowest BCUT2D eigenvalue weighted by atomic mass is 9.91. The average molecular weight is 315 g/mol. The molecule has 0 aliphatic carbocycles. The number of hydrogen-bond acceptors (Lipinski definition) is 3. The Kier molecular flexibility index (Phi) is 2.87. The molecule has 1 aliphatic rings. The van der Waals surface area contributed by atoms with E-state index in [2.05, 4.69) is 33.5 Å². The van der Waals surface area contributed by atoms with E-state index < -0.39 is 0 Å². The van der Waals surface area contributed by atoms with Crippen LogP contribution in [0.25, 0.3) is 21.8 Å². The standard InChI is InChI=1S/C20H17N3O/c24-17-8-7-15-14(5-3-10-21-15)18(17)20-19-13(9-11-22-20)12-4-1-2-6-16(12)23-19/h1-8,10,20,22-24H,9,11H2. The molecule has 0 bridgehead atoms. The number of fused-ring (bicyclic) bond motifs is 4. The van der Waals surface area contributed by atoms with E-state index in [-0.39, 0.29) is 6.04 Å². The molecular formula is C20H17N3O. The second-order valence-corrected chi connectivity index (χ2v) is 6.27. The molecule has 1 atom stereocenters. The summed E-state index contributed by atoms with van der Waals surface area (Å²) in [7, 11) is 0. The fourth-order valence-corrected chi connectivity index (χ4v) is 3.89. The Bertz CT molecular complexity index is 1070. The first-order valence-electron chi connectivity index (χ1n) is 8.22. The summed E-state index contributed by atoms with van der Waals surface area (Å²) in [5.74, 6) is 0.305. The first kappa shape index (κ1) is 13.6. The number of benzene rings is 2. The number of H-pyrrole nitrogens is 1. The van der Waals surface area contributed by atoms with Crippen molar-refractivity contribution in [3.05, 3.63) is 71.5 Å². The zero-order valence-electron chi connectivity index (χ0n) is 13.1. The smallest absolute Gasteiger partial charge is 0.121 e. The lowest BCUT2D eigenvalue weighted by Crippen LogP contribution is -2.30. The fraction of sp³-hybridized carbons (Fsp3) is 0.150. The van der Waals surface area contributed by atoms with E-state index in [4.69, 9.17) is 0 Å². The zero-order valence-corrected chi connectivity index (χ0v) is 13.1. The number of rotatable bonds is 1. The molecule has 3 N–H and O–H groups in total. The molecular weight excluding hydrogens is 298 g/mol. The van der Waals surface area contributed by atoms with Gasteiger partial charge in [-0.3, -0.25) is 4.98 Å². The normalized spacial score (nSPS) is 17.2. The summed E-state index contributed by atoms with van der Waals surface area (Å²) in [6, 6.07) is 15.9. The van der Waals surface area contributed by atoms with E-state index in [0.29, 0.717) is 5.75 Å². The van der Waals surface area contributed by atoms with E-state index in [1.165, 1.54) is 10.9 Å². The van der Waals surface area contributed by atoms with Crippen molar-refractivity contribution in [3.8, 4) is 5.75 Å². The molecule has 0 spiro atoms. The highest BCUT2D eigenvalue weighted by molar-refractivity contribution is 5.88. The molecule has 3 heterocycles. The second kappa shape index (κ2) is 5.08. The van der Waals surface area contributed by atoms with Crippen LogP contribution in [-0.4, -0.2) is 21.6 Å². The van der Waals surface area contributed by atoms with Gasteiger partial charge in [0, 0.05) is 40.3 Å². The van der Waals surface area contributed by atoms with Gasteiger partial charge in [-0.2, -0.15) is 0 Å². The number of phenols is 1. The molecule has 1 aliphatic heterocycles. The molecule has 0 fully saturated rings. The van der Waals surface area contributed by atoms with Crippen LogP contribution in [0.5, 0.6) is 5.75 Å². The van der Waals surface area contributed by atoms with Gasteiger partial charge in [-0.1, -0.05) is 24.3 Å². The Hall–Kier alpha value is -2.85. The number of nitrogens with one attached hydrogen (secondary N) is 2. The molecule has 4 aromatic rings. The number of aromatic amines is 1. The van der Waals surface area contributed by atoms with E-state index >= 15 is 0 Å². The summed E-state index contributed by atoms with van der Waals surface area (Å²) in [5, 5.41) is 16.4. The third kappa shape index (κ3) is 1.87. The topological polar surface area (TPSA) is 60.9 Å². The van der Waals surface area contributed by atoms with Gasteiger partial charge in [-0.05, 0) is 36.2 Å². The molecule has 0 amide bonds. The van der Waals surface area contributed by atoms with Crippen molar-refractivity contribution in [3.63, 3.8) is 0 Å². The van der Waals surface area contributed by atoms with E-state index in [1.807, 2.05) is 24.3 Å². The number of aromatic nitrogens is 2. The van der Waals surface area contributed by atoms with Crippen LogP contribution in [0.1, 0.15) is 22.9 Å². The van der Waals surface area contributed by atoms with Crippen LogP contribution in [0.3, 0.4) is 0 Å². The molecule has 24 heavy (non-hydrogen) atoms. The van der Waals surface area contributed by atoms with Crippen molar-refractivity contribution < 1.29 is 5.11 Å². The van der Waals surface area contributed by atoms with Gasteiger partial charge in [-0.25, -0.2) is 0 Å². The quantitative estimate of drug-likeness (QED) is 0.502. The maximum absolute atomic E-state index is 10.6. The van der Waals surface area contributed by atoms with Gasteiger partial charge < -0.3 is 15.4 Å². The van der Waals surface area contributed by atoms with Gasteiger partial charge in [0.2, 0.25) is 0 Å². The minimum absolute atomic E-state index is 0.0611. The molecule has 2 aromatic heterocycles. The van der Waals surface area contributed by atoms with Crippen molar-refractivity contribution in [2.45, 2.75) is 12.5 Å². The Labute approximate surface area is 139 Å². The molecule has 0 saturated carbocycles. The molecule has 2 aromatic carbocycles. The van der Waals surface area contributed by atoms with Crippen LogP contribution in [0.4, 0.5) is 0 Å². The van der Waals surface area contributed by atoms with Crippen LogP contribution in [0.2, 0.25) is 0 Å². The maximum Gasteiger partial charge on any atom is 0.121 e. The lowest BCUT2D eigenvalue weighted by molar-refractivity contribution is 0.454. The first-order chi connectivity index (χ1) is 11.8. The predicted molar refractivity (Wildman–Crippen MR) is 95.3 cm³/mol. The minimum Gasteiger partial charge on any atom is -0.508 e. The summed E-state index contributed by atoms with van der Waals surface area (Å²) >= 11 is 0. The Balaban J connectivity index is 1.80. The Morgan fingerprint density at radius 3 is 2.83 bits per heavy atom. The highest BCUT2D eigenvalue weighted by atomic mass is 16.3. The van der Waals surface area contributed by atoms with Crippen LogP contribution in [0.15, 0.2) is 54.7 Å². The summed E-state index contributed by atoms with van der Waals surface area (Å²) in [6.07, 6.45) is 2.77. The molecule has 4 heteroatoms. The lowest BCUT2D eigenvalue weighted by Gasteiger charge is -2.26. The largest absolute Gasteiger partial charge is 0.508 e. The van der Waals surface area contributed by atoms with E-state index in [9.17, 15) is 5.11 Å². The number of nitrogens with zero attached hydrogens (tertiary/aromatic N) is 1. The Morgan fingerprint density at radius 2 is 1.88 bits per heavy atom. The number of aromatic hydroxyl groups is 1. The Morgan fingerprint density at radius 1 is 1.00 bits per heavy atom. The molecule has 1 unspecified atom stereocenters. The zero-order chi connectivity index (χ0) is 16.1. The molecule has 0 saturated heterocycles. The minimum atomic E-state index is -0.0611. The molecule has 4 nitrogen and oxygen atoms in total. The number of para-hydroxylation sites is 1. The van der Waals surface area contributed by atoms with Gasteiger partial charge in [-0.15, -0.1) is 0 Å². The van der Waals surface area contributed by atoms with Gasteiger partial charge in [0.1, 0.15) is 5.75 Å². The van der Waals surface area contributed by atoms with Crippen molar-refractivity contribution in [2.24, 2.45) is 0 Å². The molecule has 118 valence electrons. The van der Waals surface area contributed by atoms with Gasteiger partial charge in [0.15, 0.2) is 0 Å². The first-order valence-corrected chi connectivity index (χ1v) is 8.22. The average Bonchev–Trinajstić information content (AvgIpc) is 3.01. The van der Waals surface area contributed by atoms with Crippen LogP contribution < -0.4 is 5.32 Å². The number of pyridine rings is 1. The van der Waals surface area contributed by atoms with Crippen LogP contribution in [-0.2, 0) is 6.42 Å². The van der Waals surface area contributed by atoms with Gasteiger partial charge >= 0.3 is 0 Å². The highest BCUT2D eigenvalue weighted by Gasteiger charge is 2.28. The predicted octanol–water partition coefficient (Wildman–Crippen LogP) is 3.66. The summed E-state index contributed by atoms with van der Waals surface area (Å²) in [6.45, 7) is 0.885. The highest BCUT2D eigenvalue weighted by Crippen LogP contribution is 2.39. The third-order valence-corrected chi connectivity index (χ3v) is 4.95. The van der Waals surface area contributed by atoms with Crippen LogP contribution in [0, 0.1) is 0 Å². The van der Waals surface area contributed by atoms with Gasteiger partial charge in [0.05, 0.1) is 11.6 Å². The van der Waals surface area contributed by atoms with Gasteiger partial charge in [0.25, 0.3) is 0 Å². The molecule has 0 radical (unpaired) electrons. The maximum atomic E-state index is 10.6. The number of hydrogen-bond donors (Lipinski definition) is 3. The van der Waals surface area contributed by atoms with E-state index in [0.717, 1.165) is 40.6 Å². The van der Waals surface area contributed by atoms with Crippen molar-refractivity contribution >= 4 is 21.8 Å². The fourth-order valence-electron chi connectivity index (χ4n) is 3.89. The second-order valence-electron chi connectivity index (χ2n) is 6.27. The van der Waals surface area contributed by atoms with E-state index in [1.54, 1.807) is 12.3 Å². The van der Waals surface area contributed by atoms with Crippen molar-refractivity contribution in [2.75, 3.05) is 6.54 Å². The van der Waals surface area contributed by atoms with Crippen molar-refractivity contribution in [1.82, 2.24) is 15.3 Å². The third-order valence-electron chi connectivity index (χ3n) is 4.95. The summed E-state index contributed by atoms with van der Waals surface area (Å²) < 4.78 is 0. The summed E-state index contributed by atoms with van der Waals surface area (Å²) in [4.78, 5) is 7.99. The van der Waals surface area contributed by atoms with Crippen molar-refractivity contribution in [1.29, 1.82) is 0 Å². The molecule has 5 rings (SSSR count). The SMILES string of the molecule is Oc1ccc2ncccc2c1C1NCCc2c1[nH]c1ccccc21. The van der Waals surface area contributed by atoms with Crippen LogP contribution >= 0.6 is 0 Å². The summed E-state index contributed by atoms with van der Waals surface area (Å²) in [5.41, 5.74) is 5.43. The monoisotopic (exact) mass is 315 g/mol. The number of phenolic OH excluding ortho intramolecular Hbond substituents is 1.